The highest BCUT2D eigenvalue weighted by molar-refractivity contribution is 7.98. The first kappa shape index (κ1) is 30.7. The van der Waals surface area contributed by atoms with Gasteiger partial charge in [-0.15, -0.1) is 11.8 Å². The molecule has 0 saturated carbocycles. The maximum atomic E-state index is 14.2. The van der Waals surface area contributed by atoms with Gasteiger partial charge < -0.3 is 29.5 Å². The summed E-state index contributed by atoms with van der Waals surface area (Å²) >= 11 is 8.12. The number of fused-ring (bicyclic) bond motifs is 1. The second-order valence-corrected chi connectivity index (χ2v) is 11.7. The first-order chi connectivity index (χ1) is 19.5. The number of hydrogen-bond donors (Lipinski definition) is 2. The molecule has 2 aromatic rings. The van der Waals surface area contributed by atoms with Crippen LogP contribution < -0.4 is 19.5 Å². The van der Waals surface area contributed by atoms with Gasteiger partial charge in [0.15, 0.2) is 17.3 Å². The summed E-state index contributed by atoms with van der Waals surface area (Å²) in [6, 6.07) is 8.93. The third-order valence-corrected chi connectivity index (χ3v) is 8.75. The summed E-state index contributed by atoms with van der Waals surface area (Å²) in [6.45, 7) is 2.72. The van der Waals surface area contributed by atoms with Gasteiger partial charge in [-0.2, -0.15) is 0 Å². The van der Waals surface area contributed by atoms with Crippen LogP contribution in [0.5, 0.6) is 17.2 Å². The van der Waals surface area contributed by atoms with E-state index in [1.807, 2.05) is 49.5 Å². The quantitative estimate of drug-likeness (QED) is 0.375. The number of hydrogen-bond acceptors (Lipinski definition) is 9. The third kappa shape index (κ3) is 5.52. The summed E-state index contributed by atoms with van der Waals surface area (Å²) in [5, 5.41) is 14.9. The Kier molecular flexibility index (Phi) is 9.25. The predicted octanol–water partition coefficient (Wildman–Crippen LogP) is 4.67. The van der Waals surface area contributed by atoms with E-state index in [1.54, 1.807) is 18.7 Å². The molecule has 1 aliphatic carbocycles. The Hall–Kier alpha value is -3.21. The number of methoxy groups -OCH3 is 2. The lowest BCUT2D eigenvalue weighted by Crippen LogP contribution is -2.53. The lowest BCUT2D eigenvalue weighted by atomic mass is 9.69. The monoisotopic (exact) mass is 602 g/mol. The van der Waals surface area contributed by atoms with Crippen LogP contribution in [0.3, 0.4) is 0 Å². The molecule has 0 aromatic heterocycles. The number of Topliss-reactive ketones (excluding diaryl/α,β-unsaturated/α-hetero) is 2. The number of aliphatic hydroxyl groups is 1. The maximum absolute atomic E-state index is 14.2. The Morgan fingerprint density at radius 2 is 1.88 bits per heavy atom. The van der Waals surface area contributed by atoms with Crippen molar-refractivity contribution < 1.29 is 33.7 Å². The molecule has 0 saturated heterocycles. The Morgan fingerprint density at radius 3 is 2.46 bits per heavy atom. The smallest absolute Gasteiger partial charge is 0.231 e. The number of benzene rings is 2. The van der Waals surface area contributed by atoms with Crippen molar-refractivity contribution in [3.63, 3.8) is 0 Å². The number of carbonyl (C=O) groups excluding carboxylic acids is 3. The molecule has 11 heteroatoms. The summed E-state index contributed by atoms with van der Waals surface area (Å²) in [7, 11) is 6.63. The summed E-state index contributed by atoms with van der Waals surface area (Å²) in [6.07, 6.45) is 1.75. The molecule has 0 bridgehead atoms. The second kappa shape index (κ2) is 12.3. The van der Waals surface area contributed by atoms with Crippen molar-refractivity contribution >= 4 is 40.8 Å². The van der Waals surface area contributed by atoms with E-state index in [2.05, 4.69) is 5.32 Å². The molecule has 2 aliphatic rings. The molecule has 1 heterocycles. The van der Waals surface area contributed by atoms with E-state index in [-0.39, 0.29) is 57.9 Å². The molecular weight excluding hydrogens is 568 g/mol. The second-order valence-electron chi connectivity index (χ2n) is 10.4. The summed E-state index contributed by atoms with van der Waals surface area (Å²) in [5.74, 6) is -2.88. The Bertz CT molecular complexity index is 1390. The highest BCUT2D eigenvalue weighted by Gasteiger charge is 2.61. The Labute approximate surface area is 249 Å². The molecule has 2 aromatic carbocycles. The summed E-state index contributed by atoms with van der Waals surface area (Å²) in [5.41, 5.74) is -1.22. The molecule has 41 heavy (non-hydrogen) atoms. The van der Waals surface area contributed by atoms with E-state index in [4.69, 9.17) is 25.8 Å². The molecule has 1 spiro atoms. The zero-order valence-corrected chi connectivity index (χ0v) is 25.6. The topological polar surface area (TPSA) is 114 Å². The number of nitrogens with zero attached hydrogens (tertiary/aromatic N) is 1. The Morgan fingerprint density at radius 1 is 1.22 bits per heavy atom. The number of aliphatic hydroxyl groups excluding tert-OH is 1. The van der Waals surface area contributed by atoms with Gasteiger partial charge in [-0.05, 0) is 38.0 Å². The normalized spacial score (nSPS) is 20.7. The standard InChI is InChI=1S/C30H35ClN2O7S/c1-16-13-20(34)24(19(14-23(35)32-11-12-33(2)3)17-7-9-18(41-6)10-8-17)28(36)30(16)29(37)25-21(38-4)15-22(39-5)26(31)27(25)40-30/h7-10,15-16,19,36H,11-14H2,1-6H3,(H,32,35)/t16-,19?,30+/m1/s1. The van der Waals surface area contributed by atoms with E-state index in [1.165, 1.54) is 20.3 Å². The minimum atomic E-state index is -1.92. The molecule has 1 amide bonds. The number of carbonyl (C=O) groups is 3. The van der Waals surface area contributed by atoms with Crippen molar-refractivity contribution in [3.8, 4) is 17.2 Å². The minimum absolute atomic E-state index is 0.0160. The molecular formula is C30H35ClN2O7S. The number of allylic oxidation sites excluding steroid dienone is 1. The summed E-state index contributed by atoms with van der Waals surface area (Å²) in [4.78, 5) is 43.9. The van der Waals surface area contributed by atoms with E-state index in [0.29, 0.717) is 18.7 Å². The van der Waals surface area contributed by atoms with Crippen molar-refractivity contribution in [2.75, 3.05) is 47.7 Å². The lowest BCUT2D eigenvalue weighted by molar-refractivity contribution is -0.121. The van der Waals surface area contributed by atoms with Gasteiger partial charge in [0, 0.05) is 54.3 Å². The largest absolute Gasteiger partial charge is 0.507 e. The van der Waals surface area contributed by atoms with Crippen molar-refractivity contribution in [2.45, 2.75) is 36.2 Å². The Balaban J connectivity index is 1.85. The average molecular weight is 603 g/mol. The number of rotatable bonds is 10. The first-order valence-electron chi connectivity index (χ1n) is 13.2. The number of ether oxygens (including phenoxy) is 3. The van der Waals surface area contributed by atoms with Crippen LogP contribution in [0.2, 0.25) is 5.02 Å². The highest BCUT2D eigenvalue weighted by Crippen LogP contribution is 2.55. The lowest BCUT2D eigenvalue weighted by Gasteiger charge is -2.38. The van der Waals surface area contributed by atoms with Gasteiger partial charge in [0.25, 0.3) is 0 Å². The molecule has 3 atom stereocenters. The van der Waals surface area contributed by atoms with E-state index < -0.39 is 29.0 Å². The van der Waals surface area contributed by atoms with Crippen molar-refractivity contribution in [1.29, 1.82) is 0 Å². The number of likely N-dealkylation sites (N-methyl/N-ethyl adjacent to an activating group) is 1. The molecule has 0 radical (unpaired) electrons. The van der Waals surface area contributed by atoms with Gasteiger partial charge in [-0.1, -0.05) is 30.7 Å². The van der Waals surface area contributed by atoms with Crippen molar-refractivity contribution in [3.05, 3.63) is 57.8 Å². The number of amides is 1. The highest BCUT2D eigenvalue weighted by atomic mass is 35.5. The molecule has 1 aliphatic heterocycles. The van der Waals surface area contributed by atoms with Gasteiger partial charge in [0.2, 0.25) is 17.3 Å². The van der Waals surface area contributed by atoms with Crippen LogP contribution in [0, 0.1) is 5.92 Å². The number of ketones is 2. The molecule has 220 valence electrons. The van der Waals surface area contributed by atoms with E-state index in [0.717, 1.165) is 4.90 Å². The molecule has 4 rings (SSSR count). The minimum Gasteiger partial charge on any atom is -0.507 e. The fraction of sp³-hybridized carbons (Fsp3) is 0.433. The van der Waals surface area contributed by atoms with Crippen LogP contribution in [-0.2, 0) is 9.59 Å². The average Bonchev–Trinajstić information content (AvgIpc) is 3.26. The van der Waals surface area contributed by atoms with Crippen LogP contribution in [0.15, 0.2) is 46.6 Å². The number of thioether (sulfide) groups is 1. The predicted molar refractivity (Wildman–Crippen MR) is 158 cm³/mol. The van der Waals surface area contributed by atoms with Crippen LogP contribution >= 0.6 is 23.4 Å². The molecule has 2 N–H and O–H groups in total. The number of nitrogens with one attached hydrogen (secondary N) is 1. The van der Waals surface area contributed by atoms with E-state index >= 15 is 0 Å². The van der Waals surface area contributed by atoms with Crippen molar-refractivity contribution in [1.82, 2.24) is 10.2 Å². The van der Waals surface area contributed by atoms with Crippen LogP contribution in [-0.4, -0.2) is 80.7 Å². The van der Waals surface area contributed by atoms with Crippen LogP contribution in [0.25, 0.3) is 0 Å². The molecule has 9 nitrogen and oxygen atoms in total. The zero-order chi connectivity index (χ0) is 30.1. The van der Waals surface area contributed by atoms with Gasteiger partial charge in [-0.25, -0.2) is 0 Å². The fourth-order valence-electron chi connectivity index (χ4n) is 5.44. The van der Waals surface area contributed by atoms with Gasteiger partial charge >= 0.3 is 0 Å². The van der Waals surface area contributed by atoms with Gasteiger partial charge in [0.05, 0.1) is 14.2 Å². The fourth-order valence-corrected chi connectivity index (χ4v) is 6.11. The summed E-state index contributed by atoms with van der Waals surface area (Å²) < 4.78 is 17.1. The van der Waals surface area contributed by atoms with Crippen LogP contribution in [0.1, 0.15) is 41.6 Å². The maximum Gasteiger partial charge on any atom is 0.231 e. The third-order valence-electron chi connectivity index (χ3n) is 7.65. The zero-order valence-electron chi connectivity index (χ0n) is 24.0. The molecule has 1 unspecified atom stereocenters. The molecule has 0 fully saturated rings. The van der Waals surface area contributed by atoms with Gasteiger partial charge in [0.1, 0.15) is 22.1 Å². The van der Waals surface area contributed by atoms with E-state index in [9.17, 15) is 19.5 Å². The first-order valence-corrected chi connectivity index (χ1v) is 14.8. The van der Waals surface area contributed by atoms with Crippen LogP contribution in [0.4, 0.5) is 0 Å². The SMILES string of the molecule is COc1cc(OC)c2c(c1Cl)O[C@]1(C2=O)C(O)=C(C(CC(=O)NCCN(C)C)c2ccc(SC)cc2)C(=O)C[C@H]1C. The number of halogens is 1. The van der Waals surface area contributed by atoms with Crippen molar-refractivity contribution in [2.24, 2.45) is 5.92 Å². The van der Waals surface area contributed by atoms with Gasteiger partial charge in [-0.3, -0.25) is 14.4 Å².